The van der Waals surface area contributed by atoms with Crippen LogP contribution >= 0.6 is 0 Å². The van der Waals surface area contributed by atoms with E-state index in [9.17, 15) is 0 Å². The number of benzene rings is 1. The number of nitrogen functional groups attached to an aromatic ring is 1. The Morgan fingerprint density at radius 1 is 1.33 bits per heavy atom. The molecule has 0 aromatic heterocycles. The van der Waals surface area contributed by atoms with Gasteiger partial charge in [0.2, 0.25) is 0 Å². The van der Waals surface area contributed by atoms with E-state index in [2.05, 4.69) is 0 Å². The molecular weight excluding hydrogens is 150 g/mol. The van der Waals surface area contributed by atoms with Crippen LogP contribution in [0.15, 0.2) is 24.3 Å². The zero-order valence-corrected chi connectivity index (χ0v) is 7.33. The predicted molar refractivity (Wildman–Crippen MR) is 51.8 cm³/mol. The van der Waals surface area contributed by atoms with Crippen molar-refractivity contribution >= 4 is 11.5 Å². The number of hydrogen-bond acceptors (Lipinski definition) is 2. The van der Waals surface area contributed by atoms with Gasteiger partial charge in [-0.05, 0) is 12.1 Å². The first-order chi connectivity index (χ1) is 5.63. The molecule has 0 amide bonds. The summed E-state index contributed by atoms with van der Waals surface area (Å²) in [6, 6.07) is 7.60. The number of nitrogens with zero attached hydrogens (tertiary/aromatic N) is 1. The van der Waals surface area contributed by atoms with Gasteiger partial charge in [-0.2, -0.15) is 0 Å². The zero-order chi connectivity index (χ0) is 9.14. The fourth-order valence-electron chi connectivity index (χ4n) is 1.09. The van der Waals surface area contributed by atoms with E-state index in [1.54, 1.807) is 0 Å². The molecule has 0 saturated heterocycles. The highest BCUT2D eigenvalue weighted by molar-refractivity contribution is 6.00. The van der Waals surface area contributed by atoms with Gasteiger partial charge < -0.3 is 10.6 Å². The van der Waals surface area contributed by atoms with Gasteiger partial charge in [-0.3, -0.25) is 5.41 Å². The number of anilines is 1. The Bertz CT molecular complexity index is 292. The van der Waals surface area contributed by atoms with E-state index in [4.69, 9.17) is 11.1 Å². The first-order valence-corrected chi connectivity index (χ1v) is 3.73. The minimum Gasteiger partial charge on any atom is -0.384 e. The summed E-state index contributed by atoms with van der Waals surface area (Å²) in [6.45, 7) is 0. The van der Waals surface area contributed by atoms with Gasteiger partial charge in [-0.1, -0.05) is 12.1 Å². The lowest BCUT2D eigenvalue weighted by Gasteiger charge is -2.15. The Morgan fingerprint density at radius 2 is 1.92 bits per heavy atom. The van der Waals surface area contributed by atoms with Crippen LogP contribution in [-0.2, 0) is 0 Å². The second-order valence-corrected chi connectivity index (χ2v) is 2.83. The van der Waals surface area contributed by atoms with E-state index in [0.29, 0.717) is 0 Å². The Balaban J connectivity index is 3.17. The van der Waals surface area contributed by atoms with Crippen LogP contribution in [0.1, 0.15) is 5.56 Å². The van der Waals surface area contributed by atoms with Crippen molar-refractivity contribution in [2.45, 2.75) is 0 Å². The molecule has 0 radical (unpaired) electrons. The summed E-state index contributed by atoms with van der Waals surface area (Å²) in [5.74, 6) is 0.110. The highest BCUT2D eigenvalue weighted by Crippen LogP contribution is 2.16. The molecule has 0 fully saturated rings. The summed E-state index contributed by atoms with van der Waals surface area (Å²) in [5, 5.41) is 7.32. The molecule has 12 heavy (non-hydrogen) atoms. The van der Waals surface area contributed by atoms with Gasteiger partial charge in [0.1, 0.15) is 5.84 Å². The molecule has 1 aromatic carbocycles. The molecule has 1 rings (SSSR count). The standard InChI is InChI=1S/C9H13N3/c1-12(2)8-6-4-3-5-7(8)9(10)11/h3-6H,1-2H3,(H3,10,11). The average Bonchev–Trinajstić information content (AvgIpc) is 2.04. The molecule has 64 valence electrons. The summed E-state index contributed by atoms with van der Waals surface area (Å²) in [7, 11) is 3.86. The maximum atomic E-state index is 7.32. The third-order valence-electron chi connectivity index (χ3n) is 1.68. The van der Waals surface area contributed by atoms with Crippen LogP contribution in [0.5, 0.6) is 0 Å². The van der Waals surface area contributed by atoms with E-state index in [1.165, 1.54) is 0 Å². The molecule has 0 aliphatic heterocycles. The smallest absolute Gasteiger partial charge is 0.124 e. The van der Waals surface area contributed by atoms with E-state index >= 15 is 0 Å². The fourth-order valence-corrected chi connectivity index (χ4v) is 1.09. The molecular formula is C9H13N3. The number of para-hydroxylation sites is 1. The van der Waals surface area contributed by atoms with Gasteiger partial charge in [0.05, 0.1) is 0 Å². The van der Waals surface area contributed by atoms with Crippen LogP contribution in [-0.4, -0.2) is 19.9 Å². The summed E-state index contributed by atoms with van der Waals surface area (Å²) in [6.07, 6.45) is 0. The average molecular weight is 163 g/mol. The molecule has 1 aromatic rings. The fraction of sp³-hybridized carbons (Fsp3) is 0.222. The second kappa shape index (κ2) is 3.26. The first kappa shape index (κ1) is 8.59. The number of hydrogen-bond donors (Lipinski definition) is 2. The minimum atomic E-state index is 0.110. The summed E-state index contributed by atoms with van der Waals surface area (Å²) in [5.41, 5.74) is 7.17. The van der Waals surface area contributed by atoms with Crippen molar-refractivity contribution in [1.29, 1.82) is 5.41 Å². The van der Waals surface area contributed by atoms with E-state index in [0.717, 1.165) is 11.3 Å². The minimum absolute atomic E-state index is 0.110. The summed E-state index contributed by atoms with van der Waals surface area (Å²) < 4.78 is 0. The molecule has 0 unspecified atom stereocenters. The molecule has 0 aliphatic rings. The van der Waals surface area contributed by atoms with Crippen molar-refractivity contribution in [2.75, 3.05) is 19.0 Å². The second-order valence-electron chi connectivity index (χ2n) is 2.83. The van der Waals surface area contributed by atoms with Crippen molar-refractivity contribution in [3.63, 3.8) is 0 Å². The highest BCUT2D eigenvalue weighted by Gasteiger charge is 2.04. The van der Waals surface area contributed by atoms with Crippen LogP contribution in [0.3, 0.4) is 0 Å². The highest BCUT2D eigenvalue weighted by atomic mass is 15.1. The van der Waals surface area contributed by atoms with E-state index < -0.39 is 0 Å². The van der Waals surface area contributed by atoms with E-state index in [1.807, 2.05) is 43.3 Å². The third-order valence-corrected chi connectivity index (χ3v) is 1.68. The molecule has 0 bridgehead atoms. The third kappa shape index (κ3) is 1.56. The molecule has 0 heterocycles. The van der Waals surface area contributed by atoms with Gasteiger partial charge in [0.15, 0.2) is 0 Å². The first-order valence-electron chi connectivity index (χ1n) is 3.73. The van der Waals surface area contributed by atoms with Crippen LogP contribution in [0, 0.1) is 5.41 Å². The number of rotatable bonds is 2. The molecule has 0 aliphatic carbocycles. The quantitative estimate of drug-likeness (QED) is 0.505. The topological polar surface area (TPSA) is 53.1 Å². The molecule has 3 N–H and O–H groups in total. The van der Waals surface area contributed by atoms with Crippen LogP contribution < -0.4 is 10.6 Å². The van der Waals surface area contributed by atoms with Crippen molar-refractivity contribution in [1.82, 2.24) is 0 Å². The maximum absolute atomic E-state index is 7.32. The van der Waals surface area contributed by atoms with Gasteiger partial charge >= 0.3 is 0 Å². The lowest BCUT2D eigenvalue weighted by atomic mass is 10.1. The van der Waals surface area contributed by atoms with Crippen LogP contribution in [0.2, 0.25) is 0 Å². The largest absolute Gasteiger partial charge is 0.384 e. The van der Waals surface area contributed by atoms with Gasteiger partial charge in [0, 0.05) is 25.3 Å². The molecule has 3 nitrogen and oxygen atoms in total. The summed E-state index contributed by atoms with van der Waals surface area (Å²) >= 11 is 0. The lowest BCUT2D eigenvalue weighted by molar-refractivity contribution is 1.12. The normalized spacial score (nSPS) is 9.50. The molecule has 0 atom stereocenters. The van der Waals surface area contributed by atoms with Crippen LogP contribution in [0.25, 0.3) is 0 Å². The van der Waals surface area contributed by atoms with Crippen molar-refractivity contribution < 1.29 is 0 Å². The van der Waals surface area contributed by atoms with Crippen molar-refractivity contribution in [2.24, 2.45) is 5.73 Å². The number of amidine groups is 1. The van der Waals surface area contributed by atoms with Crippen molar-refractivity contribution in [3.05, 3.63) is 29.8 Å². The van der Waals surface area contributed by atoms with Crippen molar-refractivity contribution in [3.8, 4) is 0 Å². The number of nitrogens with two attached hydrogens (primary N) is 1. The summed E-state index contributed by atoms with van der Waals surface area (Å²) in [4.78, 5) is 1.94. The Kier molecular flexibility index (Phi) is 2.33. The Hall–Kier alpha value is -1.51. The van der Waals surface area contributed by atoms with Gasteiger partial charge in [-0.15, -0.1) is 0 Å². The SMILES string of the molecule is CN(C)c1ccccc1C(=N)N. The molecule has 0 spiro atoms. The van der Waals surface area contributed by atoms with E-state index in [-0.39, 0.29) is 5.84 Å². The maximum Gasteiger partial charge on any atom is 0.124 e. The number of nitrogens with one attached hydrogen (secondary N) is 1. The van der Waals surface area contributed by atoms with Gasteiger partial charge in [0.25, 0.3) is 0 Å². The Labute approximate surface area is 72.3 Å². The van der Waals surface area contributed by atoms with Gasteiger partial charge in [-0.25, -0.2) is 0 Å². The monoisotopic (exact) mass is 163 g/mol. The van der Waals surface area contributed by atoms with Crippen LogP contribution in [0.4, 0.5) is 5.69 Å². The predicted octanol–water partition coefficient (Wildman–Crippen LogP) is 1.04. The zero-order valence-electron chi connectivity index (χ0n) is 7.33. The lowest BCUT2D eigenvalue weighted by Crippen LogP contribution is -2.18. The molecule has 0 saturated carbocycles. The molecule has 3 heteroatoms. The Morgan fingerprint density at radius 3 is 2.33 bits per heavy atom.